The number of nitrogens with one attached hydrogen (secondary N) is 1. The summed E-state index contributed by atoms with van der Waals surface area (Å²) in [5.41, 5.74) is 0. The Labute approximate surface area is 123 Å². The maximum Gasteiger partial charge on any atom is 0.264 e. The van der Waals surface area contributed by atoms with Crippen molar-refractivity contribution in [1.29, 1.82) is 0 Å². The molecule has 1 aliphatic rings. The van der Waals surface area contributed by atoms with E-state index in [2.05, 4.69) is 4.72 Å². The van der Waals surface area contributed by atoms with Crippen LogP contribution in [0.1, 0.15) is 26.7 Å². The molecular formula is C13H19NO4S2. The Kier molecular flexibility index (Phi) is 4.82. The molecule has 0 aliphatic carbocycles. The van der Waals surface area contributed by atoms with Crippen LogP contribution >= 0.6 is 11.3 Å². The molecule has 0 unspecified atom stereocenters. The largest absolute Gasteiger partial charge is 0.377 e. The lowest BCUT2D eigenvalue weighted by molar-refractivity contribution is -0.135. The van der Waals surface area contributed by atoms with Gasteiger partial charge in [0, 0.05) is 12.0 Å². The number of amides is 1. The SMILES string of the molecule is CC(C)[C@@H]1OCCC[C@@H]1C(=O)NS(=O)(=O)c1ccsc1. The zero-order chi connectivity index (χ0) is 14.8. The first-order chi connectivity index (χ1) is 9.42. The van der Waals surface area contributed by atoms with Crippen LogP contribution in [0.15, 0.2) is 21.7 Å². The second kappa shape index (κ2) is 6.24. The van der Waals surface area contributed by atoms with Crippen molar-refractivity contribution in [2.75, 3.05) is 6.61 Å². The molecule has 1 aromatic rings. The predicted molar refractivity (Wildman–Crippen MR) is 76.9 cm³/mol. The number of carbonyl (C=O) groups is 1. The van der Waals surface area contributed by atoms with E-state index in [1.807, 2.05) is 13.8 Å². The van der Waals surface area contributed by atoms with Gasteiger partial charge in [0.05, 0.1) is 16.9 Å². The zero-order valence-corrected chi connectivity index (χ0v) is 13.2. The van der Waals surface area contributed by atoms with Crippen LogP contribution in [0.4, 0.5) is 0 Å². The monoisotopic (exact) mass is 317 g/mol. The van der Waals surface area contributed by atoms with E-state index in [0.717, 1.165) is 6.42 Å². The number of carbonyl (C=O) groups excluding carboxylic acids is 1. The topological polar surface area (TPSA) is 72.5 Å². The summed E-state index contributed by atoms with van der Waals surface area (Å²) in [6, 6.07) is 1.48. The molecule has 1 fully saturated rings. The molecule has 1 aliphatic heterocycles. The van der Waals surface area contributed by atoms with Gasteiger partial charge in [0.2, 0.25) is 5.91 Å². The van der Waals surface area contributed by atoms with E-state index in [4.69, 9.17) is 4.74 Å². The first-order valence-corrected chi connectivity index (χ1v) is 9.05. The highest BCUT2D eigenvalue weighted by atomic mass is 32.2. The van der Waals surface area contributed by atoms with Crippen molar-refractivity contribution < 1.29 is 17.9 Å². The highest BCUT2D eigenvalue weighted by Crippen LogP contribution is 2.27. The fraction of sp³-hybridized carbons (Fsp3) is 0.615. The van der Waals surface area contributed by atoms with Gasteiger partial charge in [-0.1, -0.05) is 13.8 Å². The van der Waals surface area contributed by atoms with Gasteiger partial charge in [0.15, 0.2) is 0 Å². The standard InChI is InChI=1S/C13H19NO4S2/c1-9(2)12-11(4-3-6-18-12)13(15)14-20(16,17)10-5-7-19-8-10/h5,7-9,11-12H,3-4,6H2,1-2H3,(H,14,15)/t11-,12-/m0/s1. The van der Waals surface area contributed by atoms with Crippen LogP contribution in [0.25, 0.3) is 0 Å². The lowest BCUT2D eigenvalue weighted by Gasteiger charge is -2.33. The molecule has 2 rings (SSSR count). The Morgan fingerprint density at radius 2 is 2.25 bits per heavy atom. The lowest BCUT2D eigenvalue weighted by atomic mass is 9.87. The third-order valence-electron chi connectivity index (χ3n) is 3.40. The molecule has 0 bridgehead atoms. The van der Waals surface area contributed by atoms with Crippen LogP contribution in [0, 0.1) is 11.8 Å². The first kappa shape index (κ1) is 15.5. The molecule has 1 aromatic heterocycles. The van der Waals surface area contributed by atoms with Gasteiger partial charge in [0.1, 0.15) is 0 Å². The number of hydrogen-bond acceptors (Lipinski definition) is 5. The van der Waals surface area contributed by atoms with Gasteiger partial charge < -0.3 is 4.74 Å². The molecule has 20 heavy (non-hydrogen) atoms. The molecule has 0 aromatic carbocycles. The summed E-state index contributed by atoms with van der Waals surface area (Å²) in [4.78, 5) is 12.4. The summed E-state index contributed by atoms with van der Waals surface area (Å²) in [6.45, 7) is 4.58. The Morgan fingerprint density at radius 3 is 2.85 bits per heavy atom. The number of thiophene rings is 1. The highest BCUT2D eigenvalue weighted by Gasteiger charge is 2.35. The molecule has 0 spiro atoms. The second-order valence-electron chi connectivity index (χ2n) is 5.26. The number of rotatable bonds is 4. The minimum atomic E-state index is -3.76. The van der Waals surface area contributed by atoms with Crippen molar-refractivity contribution >= 4 is 27.3 Å². The van der Waals surface area contributed by atoms with E-state index in [-0.39, 0.29) is 16.9 Å². The van der Waals surface area contributed by atoms with Crippen LogP contribution in [-0.2, 0) is 19.6 Å². The number of hydrogen-bond donors (Lipinski definition) is 1. The minimum absolute atomic E-state index is 0.133. The van der Waals surface area contributed by atoms with Gasteiger partial charge >= 0.3 is 0 Å². The molecule has 1 N–H and O–H groups in total. The molecular weight excluding hydrogens is 298 g/mol. The average Bonchev–Trinajstić information content (AvgIpc) is 2.92. The fourth-order valence-corrected chi connectivity index (χ4v) is 4.47. The van der Waals surface area contributed by atoms with Crippen molar-refractivity contribution in [3.8, 4) is 0 Å². The third-order valence-corrected chi connectivity index (χ3v) is 5.58. The van der Waals surface area contributed by atoms with E-state index >= 15 is 0 Å². The molecule has 0 radical (unpaired) electrons. The van der Waals surface area contributed by atoms with Crippen LogP contribution in [0.5, 0.6) is 0 Å². The second-order valence-corrected chi connectivity index (χ2v) is 7.72. The number of ether oxygens (including phenoxy) is 1. The molecule has 5 nitrogen and oxygen atoms in total. The summed E-state index contributed by atoms with van der Waals surface area (Å²) in [5, 5.41) is 3.17. The van der Waals surface area contributed by atoms with Crippen LogP contribution in [0.3, 0.4) is 0 Å². The van der Waals surface area contributed by atoms with Crippen molar-refractivity contribution in [2.45, 2.75) is 37.7 Å². The fourth-order valence-electron chi connectivity index (χ4n) is 2.41. The Morgan fingerprint density at radius 1 is 1.50 bits per heavy atom. The highest BCUT2D eigenvalue weighted by molar-refractivity contribution is 7.90. The van der Waals surface area contributed by atoms with Gasteiger partial charge in [-0.05, 0) is 30.2 Å². The van der Waals surface area contributed by atoms with Gasteiger partial charge in [0.25, 0.3) is 10.0 Å². The predicted octanol–water partition coefficient (Wildman–Crippen LogP) is 2.00. The van der Waals surface area contributed by atoms with E-state index in [1.54, 1.807) is 5.38 Å². The summed E-state index contributed by atoms with van der Waals surface area (Å²) < 4.78 is 31.9. The summed E-state index contributed by atoms with van der Waals surface area (Å²) in [5.74, 6) is -0.693. The molecule has 2 atom stereocenters. The molecule has 7 heteroatoms. The molecule has 2 heterocycles. The Hall–Kier alpha value is -0.920. The van der Waals surface area contributed by atoms with Crippen LogP contribution in [0.2, 0.25) is 0 Å². The van der Waals surface area contributed by atoms with E-state index in [9.17, 15) is 13.2 Å². The summed E-state index contributed by atoms with van der Waals surface area (Å²) in [7, 11) is -3.76. The quantitative estimate of drug-likeness (QED) is 0.922. The Balaban J connectivity index is 2.11. The van der Waals surface area contributed by atoms with Gasteiger partial charge in [-0.25, -0.2) is 13.1 Å². The van der Waals surface area contributed by atoms with E-state index < -0.39 is 21.8 Å². The van der Waals surface area contributed by atoms with Crippen molar-refractivity contribution in [2.24, 2.45) is 11.8 Å². The minimum Gasteiger partial charge on any atom is -0.377 e. The lowest BCUT2D eigenvalue weighted by Crippen LogP contribution is -2.45. The van der Waals surface area contributed by atoms with Crippen molar-refractivity contribution in [3.63, 3.8) is 0 Å². The van der Waals surface area contributed by atoms with Gasteiger partial charge in [-0.15, -0.1) is 0 Å². The van der Waals surface area contributed by atoms with Crippen molar-refractivity contribution in [3.05, 3.63) is 16.8 Å². The van der Waals surface area contributed by atoms with Crippen molar-refractivity contribution in [1.82, 2.24) is 4.72 Å². The first-order valence-electron chi connectivity index (χ1n) is 6.62. The van der Waals surface area contributed by atoms with E-state index in [0.29, 0.717) is 13.0 Å². The third kappa shape index (κ3) is 3.39. The van der Waals surface area contributed by atoms with Gasteiger partial charge in [-0.3, -0.25) is 4.79 Å². The maximum absolute atomic E-state index is 12.3. The molecule has 0 saturated carbocycles. The maximum atomic E-state index is 12.3. The molecule has 1 saturated heterocycles. The average molecular weight is 317 g/mol. The summed E-state index contributed by atoms with van der Waals surface area (Å²) in [6.07, 6.45) is 1.22. The molecule has 112 valence electrons. The normalized spacial score (nSPS) is 23.8. The van der Waals surface area contributed by atoms with Crippen LogP contribution < -0.4 is 4.72 Å². The smallest absolute Gasteiger partial charge is 0.264 e. The van der Waals surface area contributed by atoms with E-state index in [1.165, 1.54) is 22.8 Å². The summed E-state index contributed by atoms with van der Waals surface area (Å²) >= 11 is 1.28. The van der Waals surface area contributed by atoms with Crippen LogP contribution in [-0.4, -0.2) is 27.0 Å². The van der Waals surface area contributed by atoms with Gasteiger partial charge in [-0.2, -0.15) is 11.3 Å². The number of sulfonamides is 1. The Bertz CT molecular complexity index is 551. The molecule has 1 amide bonds. The zero-order valence-electron chi connectivity index (χ0n) is 11.5.